The summed E-state index contributed by atoms with van der Waals surface area (Å²) in [6.07, 6.45) is 1.29. The molecule has 0 bridgehead atoms. The quantitative estimate of drug-likeness (QED) is 0.818. The largest absolute Gasteiger partial charge is 0.397 e. The number of carbonyl (C=O) groups excluding carboxylic acids is 1. The number of nitrogens with one attached hydrogen (secondary N) is 1. The molecular formula is C14H20FN3OS. The molecule has 6 heteroatoms. The summed E-state index contributed by atoms with van der Waals surface area (Å²) >= 11 is 1.98. The van der Waals surface area contributed by atoms with E-state index in [-0.39, 0.29) is 11.6 Å². The topological polar surface area (TPSA) is 58.4 Å². The average Bonchev–Trinajstić information content (AvgIpc) is 2.43. The third-order valence-electron chi connectivity index (χ3n) is 3.27. The highest BCUT2D eigenvalue weighted by Crippen LogP contribution is 2.19. The zero-order chi connectivity index (χ0) is 14.4. The van der Waals surface area contributed by atoms with Crippen LogP contribution in [0.2, 0.25) is 0 Å². The summed E-state index contributed by atoms with van der Waals surface area (Å²) in [6, 6.07) is 3.99. The maximum absolute atomic E-state index is 12.9. The molecule has 1 aliphatic heterocycles. The number of hydrogen-bond acceptors (Lipinski definition) is 4. The number of benzene rings is 1. The van der Waals surface area contributed by atoms with Gasteiger partial charge in [0.25, 0.3) is 0 Å². The molecule has 0 aromatic heterocycles. The van der Waals surface area contributed by atoms with Crippen LogP contribution >= 0.6 is 11.8 Å². The number of halogens is 1. The molecule has 0 aliphatic carbocycles. The van der Waals surface area contributed by atoms with E-state index in [1.165, 1.54) is 29.7 Å². The van der Waals surface area contributed by atoms with Crippen LogP contribution in [0.4, 0.5) is 15.8 Å². The summed E-state index contributed by atoms with van der Waals surface area (Å²) in [7, 11) is 0. The fraction of sp³-hybridized carbons (Fsp3) is 0.500. The maximum Gasteiger partial charge on any atom is 0.224 e. The van der Waals surface area contributed by atoms with Gasteiger partial charge in [0.05, 0.1) is 11.4 Å². The smallest absolute Gasteiger partial charge is 0.224 e. The van der Waals surface area contributed by atoms with Gasteiger partial charge in [0.15, 0.2) is 0 Å². The molecule has 110 valence electrons. The summed E-state index contributed by atoms with van der Waals surface area (Å²) in [6.45, 7) is 3.17. The van der Waals surface area contributed by atoms with Gasteiger partial charge in [0.1, 0.15) is 5.82 Å². The Balaban J connectivity index is 1.72. The second-order valence-corrected chi connectivity index (χ2v) is 6.06. The van der Waals surface area contributed by atoms with E-state index in [2.05, 4.69) is 10.2 Å². The van der Waals surface area contributed by atoms with Crippen LogP contribution in [0.25, 0.3) is 0 Å². The molecule has 4 nitrogen and oxygen atoms in total. The Bertz CT molecular complexity index is 464. The van der Waals surface area contributed by atoms with Crippen molar-refractivity contribution >= 4 is 29.0 Å². The van der Waals surface area contributed by atoms with Gasteiger partial charge in [-0.25, -0.2) is 4.39 Å². The van der Waals surface area contributed by atoms with Gasteiger partial charge in [0.2, 0.25) is 5.91 Å². The van der Waals surface area contributed by atoms with Crippen LogP contribution in [0, 0.1) is 5.82 Å². The normalized spacial score (nSPS) is 16.1. The van der Waals surface area contributed by atoms with E-state index < -0.39 is 5.82 Å². The molecule has 1 amide bonds. The first-order chi connectivity index (χ1) is 9.65. The van der Waals surface area contributed by atoms with E-state index in [0.717, 1.165) is 26.1 Å². The lowest BCUT2D eigenvalue weighted by Gasteiger charge is -2.25. The standard InChI is InChI=1S/C14H20FN3OS/c15-11-3-4-13(12(16)10-11)17-14(19)2-1-5-18-6-8-20-9-7-18/h3-4,10H,1-2,5-9,16H2,(H,17,19). The Morgan fingerprint density at radius 1 is 1.40 bits per heavy atom. The van der Waals surface area contributed by atoms with Crippen LogP contribution in [0.3, 0.4) is 0 Å². The summed E-state index contributed by atoms with van der Waals surface area (Å²) in [5, 5.41) is 2.72. The van der Waals surface area contributed by atoms with Crippen LogP contribution in [0.1, 0.15) is 12.8 Å². The number of carbonyl (C=O) groups is 1. The van der Waals surface area contributed by atoms with E-state index in [1.54, 1.807) is 0 Å². The van der Waals surface area contributed by atoms with Crippen molar-refractivity contribution in [1.82, 2.24) is 4.90 Å². The lowest BCUT2D eigenvalue weighted by Crippen LogP contribution is -2.33. The van der Waals surface area contributed by atoms with Crippen molar-refractivity contribution in [3.63, 3.8) is 0 Å². The highest BCUT2D eigenvalue weighted by atomic mass is 32.2. The predicted molar refractivity (Wildman–Crippen MR) is 82.4 cm³/mol. The third-order valence-corrected chi connectivity index (χ3v) is 4.21. The fourth-order valence-electron chi connectivity index (χ4n) is 2.15. The monoisotopic (exact) mass is 297 g/mol. The van der Waals surface area contributed by atoms with Gasteiger partial charge in [-0.05, 0) is 31.2 Å². The van der Waals surface area contributed by atoms with Crippen LogP contribution in [-0.4, -0.2) is 41.9 Å². The Hall–Kier alpha value is -1.27. The molecule has 0 saturated carbocycles. The van der Waals surface area contributed by atoms with Gasteiger partial charge < -0.3 is 16.0 Å². The molecular weight excluding hydrogens is 277 g/mol. The minimum Gasteiger partial charge on any atom is -0.397 e. The number of nitrogens with zero attached hydrogens (tertiary/aromatic N) is 1. The molecule has 1 saturated heterocycles. The minimum atomic E-state index is -0.400. The molecule has 0 atom stereocenters. The molecule has 20 heavy (non-hydrogen) atoms. The van der Waals surface area contributed by atoms with Crippen LogP contribution in [-0.2, 0) is 4.79 Å². The lowest BCUT2D eigenvalue weighted by atomic mass is 10.2. The summed E-state index contributed by atoms with van der Waals surface area (Å²) in [5.41, 5.74) is 6.38. The van der Waals surface area contributed by atoms with Gasteiger partial charge in [-0.15, -0.1) is 0 Å². The molecule has 3 N–H and O–H groups in total. The predicted octanol–water partition coefficient (Wildman–Crippen LogP) is 2.18. The number of anilines is 2. The first-order valence-electron chi connectivity index (χ1n) is 6.80. The Labute approximate surface area is 122 Å². The minimum absolute atomic E-state index is 0.0744. The molecule has 1 aliphatic rings. The first kappa shape index (κ1) is 15.1. The van der Waals surface area contributed by atoms with Crippen LogP contribution in [0.5, 0.6) is 0 Å². The highest BCUT2D eigenvalue weighted by Gasteiger charge is 2.11. The maximum atomic E-state index is 12.9. The summed E-state index contributed by atoms with van der Waals surface area (Å²) in [5.74, 6) is 1.88. The van der Waals surface area contributed by atoms with Gasteiger partial charge in [0, 0.05) is 31.0 Å². The molecule has 0 spiro atoms. The number of nitrogens with two attached hydrogens (primary N) is 1. The van der Waals surface area contributed by atoms with Crippen molar-refractivity contribution in [2.45, 2.75) is 12.8 Å². The van der Waals surface area contributed by atoms with Crippen molar-refractivity contribution < 1.29 is 9.18 Å². The van der Waals surface area contributed by atoms with E-state index in [9.17, 15) is 9.18 Å². The zero-order valence-corrected chi connectivity index (χ0v) is 12.2. The molecule has 1 fully saturated rings. The van der Waals surface area contributed by atoms with Crippen molar-refractivity contribution in [2.24, 2.45) is 0 Å². The molecule has 0 radical (unpaired) electrons. The Morgan fingerprint density at radius 3 is 2.85 bits per heavy atom. The molecule has 0 unspecified atom stereocenters. The van der Waals surface area contributed by atoms with Crippen molar-refractivity contribution in [2.75, 3.05) is 42.2 Å². The summed E-state index contributed by atoms with van der Waals surface area (Å²) < 4.78 is 12.9. The van der Waals surface area contributed by atoms with Crippen LogP contribution < -0.4 is 11.1 Å². The highest BCUT2D eigenvalue weighted by molar-refractivity contribution is 7.99. The summed E-state index contributed by atoms with van der Waals surface area (Å²) in [4.78, 5) is 14.2. The van der Waals surface area contributed by atoms with Crippen molar-refractivity contribution in [3.8, 4) is 0 Å². The van der Waals surface area contributed by atoms with Crippen LogP contribution in [0.15, 0.2) is 18.2 Å². The fourth-order valence-corrected chi connectivity index (χ4v) is 3.13. The Morgan fingerprint density at radius 2 is 2.15 bits per heavy atom. The van der Waals surface area contributed by atoms with Crippen molar-refractivity contribution in [3.05, 3.63) is 24.0 Å². The number of hydrogen-bond donors (Lipinski definition) is 2. The lowest BCUT2D eigenvalue weighted by molar-refractivity contribution is -0.116. The number of nitrogen functional groups attached to an aromatic ring is 1. The molecule has 2 rings (SSSR count). The van der Waals surface area contributed by atoms with E-state index in [4.69, 9.17) is 5.73 Å². The van der Waals surface area contributed by atoms with Gasteiger partial charge in [-0.2, -0.15) is 11.8 Å². The number of rotatable bonds is 5. The van der Waals surface area contributed by atoms with E-state index >= 15 is 0 Å². The second-order valence-electron chi connectivity index (χ2n) is 4.84. The van der Waals surface area contributed by atoms with Crippen molar-refractivity contribution in [1.29, 1.82) is 0 Å². The van der Waals surface area contributed by atoms with E-state index in [1.807, 2.05) is 11.8 Å². The molecule has 1 aromatic rings. The number of thioether (sulfide) groups is 1. The van der Waals surface area contributed by atoms with Gasteiger partial charge >= 0.3 is 0 Å². The molecule has 1 heterocycles. The second kappa shape index (κ2) is 7.50. The SMILES string of the molecule is Nc1cc(F)ccc1NC(=O)CCCN1CCSCC1. The number of amides is 1. The van der Waals surface area contributed by atoms with Gasteiger partial charge in [-0.1, -0.05) is 0 Å². The van der Waals surface area contributed by atoms with Gasteiger partial charge in [-0.3, -0.25) is 4.79 Å². The first-order valence-corrected chi connectivity index (χ1v) is 7.95. The Kier molecular flexibility index (Phi) is 5.67. The van der Waals surface area contributed by atoms with E-state index in [0.29, 0.717) is 12.1 Å². The zero-order valence-electron chi connectivity index (χ0n) is 11.4. The average molecular weight is 297 g/mol. The third kappa shape index (κ3) is 4.68. The molecule has 1 aromatic carbocycles.